The molecule has 0 aromatic heterocycles. The molecule has 0 bridgehead atoms. The third kappa shape index (κ3) is 13.7. The van der Waals surface area contributed by atoms with E-state index in [1.54, 1.807) is 0 Å². The Morgan fingerprint density at radius 1 is 0.193 bits per heavy atom. The molecule has 145 heavy (non-hydrogen) atoms. The number of rotatable bonds is 11. The second kappa shape index (κ2) is 33.3. The minimum absolute atomic E-state index is 0.0786. The van der Waals surface area contributed by atoms with Gasteiger partial charge in [-0.2, -0.15) is 0 Å². The van der Waals surface area contributed by atoms with E-state index in [-0.39, 0.29) is 16.2 Å². The van der Waals surface area contributed by atoms with Crippen LogP contribution in [0.1, 0.15) is 151 Å². The Kier molecular flexibility index (Phi) is 20.3. The molecule has 3 aliphatic carbocycles. The fourth-order valence-corrected chi connectivity index (χ4v) is 26.5. The lowest BCUT2D eigenvalue weighted by atomic mass is 9.81. The topological polar surface area (TPSA) is 18.5 Å². The van der Waals surface area contributed by atoms with Gasteiger partial charge in [0.2, 0.25) is 0 Å². The van der Waals surface area contributed by atoms with Crippen LogP contribution in [0.15, 0.2) is 415 Å². The maximum absolute atomic E-state index is 3.65. The smallest absolute Gasteiger partial charge is 0.0540 e. The van der Waals surface area contributed by atoms with Gasteiger partial charge in [-0.15, -0.1) is 0 Å². The molecule has 3 nitrogen and oxygen atoms in total. The van der Waals surface area contributed by atoms with Gasteiger partial charge in [0.1, 0.15) is 0 Å². The quantitative estimate of drug-likeness (QED) is 0.130. The Hall–Kier alpha value is -15.5. The summed E-state index contributed by atoms with van der Waals surface area (Å²) in [4.78, 5) is 5.07. The minimum atomic E-state index is -0.257. The molecular formula is C140H107Br2N3. The molecule has 0 amide bonds. The van der Waals surface area contributed by atoms with Crippen LogP contribution in [0.4, 0.5) is 45.5 Å². The Morgan fingerprint density at radius 3 is 0.738 bits per heavy atom. The van der Waals surface area contributed by atoms with Gasteiger partial charge in [0.25, 0.3) is 0 Å². The van der Waals surface area contributed by atoms with E-state index in [1.807, 2.05) is 0 Å². The number of hydrogen-bond donors (Lipinski definition) is 1. The molecule has 26 aromatic carbocycles. The van der Waals surface area contributed by atoms with Gasteiger partial charge in [-0.1, -0.05) is 388 Å². The Balaban J connectivity index is 0.000000153. The van der Waals surface area contributed by atoms with Crippen molar-refractivity contribution >= 4 is 239 Å². The first-order valence-corrected chi connectivity index (χ1v) is 53.0. The molecule has 0 saturated carbocycles. The standard InChI is InChI=1S/C88H68N2.C36H31N.C16H8Br2/c1-51(2)53-25-33-57(34-26-53)89(59-37-41-69-77-47-73-65-21-13-9-17-61(65)63-19-11-15-23-67(63)75(73)49-81(77)87(5,6)79(69)45-59)83-43-31-55-30-40-72-84(44-32-56-29-39-71(83)85(55)86(56)72)90(58-35-27-54(28-36-58)52(3)4)60-38-42-70-78-48-74-66-22-14-10-18-62(66)64-20-12-16-24-68(64)76(74)50-82(78)88(7,8)80(70)46-60;1-22(2)23-13-15-24(16-14-23)37-25-17-18-30-33-20-31-28-11-7-5-9-26(28)27-10-6-8-12-29(27)32(31)21-35(33)36(3,4)34(30)19-25;17-13-8-4-10-2-6-12-14(18)7-3-9-1-5-11(13)16(10)15(9)12/h9-52H,1-8H3;5-22,37H,1-4H3;1-8H. The second-order valence-electron chi connectivity index (χ2n) is 43.4. The highest BCUT2D eigenvalue weighted by molar-refractivity contribution is 9.11. The van der Waals surface area contributed by atoms with Gasteiger partial charge in [-0.25, -0.2) is 0 Å². The van der Waals surface area contributed by atoms with Crippen LogP contribution in [-0.2, 0) is 16.2 Å². The van der Waals surface area contributed by atoms with Crippen molar-refractivity contribution in [1.29, 1.82) is 0 Å². The van der Waals surface area contributed by atoms with Gasteiger partial charge in [0.15, 0.2) is 0 Å². The van der Waals surface area contributed by atoms with Crippen molar-refractivity contribution < 1.29 is 0 Å². The van der Waals surface area contributed by atoms with Gasteiger partial charge >= 0.3 is 0 Å². The van der Waals surface area contributed by atoms with E-state index < -0.39 is 0 Å². The number of anilines is 8. The van der Waals surface area contributed by atoms with E-state index in [0.717, 1.165) is 54.4 Å². The Bertz CT molecular complexity index is 9520. The Morgan fingerprint density at radius 2 is 0.428 bits per heavy atom. The zero-order valence-electron chi connectivity index (χ0n) is 83.6. The minimum Gasteiger partial charge on any atom is -0.356 e. The molecule has 0 fully saturated rings. The van der Waals surface area contributed by atoms with Crippen LogP contribution in [0, 0.1) is 0 Å². The normalized spacial score (nSPS) is 13.7. The fourth-order valence-electron chi connectivity index (χ4n) is 25.6. The van der Waals surface area contributed by atoms with Crippen LogP contribution in [0.25, 0.3) is 195 Å². The summed E-state index contributed by atoms with van der Waals surface area (Å²) in [5.74, 6) is 1.36. The van der Waals surface area contributed by atoms with Crippen molar-refractivity contribution in [2.75, 3.05) is 15.1 Å². The van der Waals surface area contributed by atoms with E-state index in [4.69, 9.17) is 0 Å². The molecule has 5 heteroatoms. The largest absolute Gasteiger partial charge is 0.356 e. The van der Waals surface area contributed by atoms with Crippen molar-refractivity contribution in [3.63, 3.8) is 0 Å². The molecule has 0 spiro atoms. The number of benzene rings is 26. The van der Waals surface area contributed by atoms with Gasteiger partial charge in [-0.05, 0) is 385 Å². The van der Waals surface area contributed by atoms with Crippen LogP contribution in [0.5, 0.6) is 0 Å². The summed E-state index contributed by atoms with van der Waals surface area (Å²) in [6, 6.07) is 154. The van der Waals surface area contributed by atoms with Gasteiger partial charge in [0.05, 0.1) is 11.4 Å². The SMILES string of the molecule is Brc1ccc2ccc3c(Br)ccc4ccc1c2c43.CC(C)c1ccc(N(c2ccc3c(c2)C(C)(C)c2cc4c5ccccc5c5ccccc5c4cc2-3)c2ccc3ccc4c(N(c5ccc(C(C)C)cc5)c5ccc6c(c5)C(C)(C)c5cc7c8ccccc8c8ccccc8c7cc5-6)ccc5ccc2c3c54)cc1.CC(C)c1ccc(Nc2ccc3c(c2)C(C)(C)c2cc4c5ccccc5c5ccccc5c4cc2-3)cc1. The number of fused-ring (bicyclic) bond motifs is 27. The van der Waals surface area contributed by atoms with Gasteiger partial charge in [-0.3, -0.25) is 0 Å². The summed E-state index contributed by atoms with van der Waals surface area (Å²) < 4.78 is 2.31. The van der Waals surface area contributed by atoms with Crippen LogP contribution in [0.3, 0.4) is 0 Å². The maximum atomic E-state index is 3.65. The molecule has 0 saturated heterocycles. The molecule has 0 atom stereocenters. The summed E-state index contributed by atoms with van der Waals surface area (Å²) in [6.45, 7) is 28.1. The zero-order chi connectivity index (χ0) is 98.2. The highest BCUT2D eigenvalue weighted by atomic mass is 79.9. The van der Waals surface area contributed by atoms with E-state index in [1.165, 1.54) is 245 Å². The first-order valence-electron chi connectivity index (χ1n) is 51.4. The summed E-state index contributed by atoms with van der Waals surface area (Å²) in [5.41, 5.74) is 28.8. The predicted molar refractivity (Wildman–Crippen MR) is 634 cm³/mol. The molecule has 0 radical (unpaired) electrons. The lowest BCUT2D eigenvalue weighted by Gasteiger charge is -2.31. The van der Waals surface area contributed by atoms with Gasteiger partial charge < -0.3 is 15.1 Å². The molecular weight excluding hydrogens is 1880 g/mol. The van der Waals surface area contributed by atoms with Crippen molar-refractivity contribution in [1.82, 2.24) is 0 Å². The van der Waals surface area contributed by atoms with Crippen LogP contribution < -0.4 is 15.1 Å². The average molecular weight is 1990 g/mol. The van der Waals surface area contributed by atoms with Crippen LogP contribution in [0.2, 0.25) is 0 Å². The summed E-state index contributed by atoms with van der Waals surface area (Å²) >= 11 is 7.30. The predicted octanol–water partition coefficient (Wildman–Crippen LogP) is 41.7. The summed E-state index contributed by atoms with van der Waals surface area (Å²) in [5, 5.41) is 42.7. The highest BCUT2D eigenvalue weighted by Gasteiger charge is 2.41. The molecule has 696 valence electrons. The van der Waals surface area contributed by atoms with Crippen molar-refractivity contribution in [2.24, 2.45) is 0 Å². The average Bonchev–Trinajstić information content (AvgIpc) is 1.61. The molecule has 0 unspecified atom stereocenters. The summed E-state index contributed by atoms with van der Waals surface area (Å²) in [6.07, 6.45) is 0. The lowest BCUT2D eigenvalue weighted by Crippen LogP contribution is -2.17. The van der Waals surface area contributed by atoms with E-state index >= 15 is 0 Å². The van der Waals surface area contributed by atoms with Crippen molar-refractivity contribution in [2.45, 2.75) is 117 Å². The van der Waals surface area contributed by atoms with E-state index in [9.17, 15) is 0 Å². The maximum Gasteiger partial charge on any atom is 0.0540 e. The van der Waals surface area contributed by atoms with Crippen LogP contribution >= 0.6 is 31.9 Å². The third-order valence-electron chi connectivity index (χ3n) is 33.3. The third-order valence-corrected chi connectivity index (χ3v) is 34.6. The number of nitrogens with zero attached hydrogens (tertiary/aromatic N) is 2. The lowest BCUT2D eigenvalue weighted by molar-refractivity contribution is 0.661. The molecule has 1 N–H and O–H groups in total. The number of hydrogen-bond acceptors (Lipinski definition) is 3. The van der Waals surface area contributed by atoms with Crippen molar-refractivity contribution in [3.05, 3.63) is 465 Å². The first-order chi connectivity index (χ1) is 70.5. The molecule has 0 heterocycles. The number of halogens is 2. The Labute approximate surface area is 863 Å². The second-order valence-corrected chi connectivity index (χ2v) is 45.1. The zero-order valence-corrected chi connectivity index (χ0v) is 86.7. The molecule has 26 aromatic rings. The van der Waals surface area contributed by atoms with E-state index in [0.29, 0.717) is 17.8 Å². The molecule has 0 aliphatic heterocycles. The first kappa shape index (κ1) is 88.4. The fraction of sp³-hybridized carbons (Fsp3) is 0.129. The highest BCUT2D eigenvalue weighted by Crippen LogP contribution is 2.60. The van der Waals surface area contributed by atoms with Crippen molar-refractivity contribution in [3.8, 4) is 33.4 Å². The monoisotopic (exact) mass is 1990 g/mol. The van der Waals surface area contributed by atoms with Crippen LogP contribution in [-0.4, -0.2) is 0 Å². The van der Waals surface area contributed by atoms with E-state index in [2.05, 4.69) is 537 Å². The van der Waals surface area contributed by atoms with Gasteiger partial charge in [0, 0.05) is 70.1 Å². The summed E-state index contributed by atoms with van der Waals surface area (Å²) in [7, 11) is 0. The molecule has 3 aliphatic rings. The molecule has 29 rings (SSSR count). The number of nitrogens with one attached hydrogen (secondary N) is 1.